The van der Waals surface area contributed by atoms with Crippen LogP contribution in [0.2, 0.25) is 0 Å². The van der Waals surface area contributed by atoms with Gasteiger partial charge in [0, 0.05) is 0 Å². The largest absolute Gasteiger partial charge is 0.493 e. The molecule has 1 N–H and O–H groups in total. The lowest BCUT2D eigenvalue weighted by molar-refractivity contribution is -0.156. The van der Waals surface area contributed by atoms with Gasteiger partial charge in [-0.15, -0.1) is 0 Å². The Morgan fingerprint density at radius 1 is 1.47 bits per heavy atom. The first-order valence-corrected chi connectivity index (χ1v) is 6.72. The number of amides is 1. The van der Waals surface area contributed by atoms with Crippen molar-refractivity contribution in [1.29, 1.82) is 0 Å². The highest BCUT2D eigenvalue weighted by molar-refractivity contribution is 5.77. The zero-order chi connectivity index (χ0) is 13.9. The Morgan fingerprint density at radius 3 is 2.84 bits per heavy atom. The van der Waals surface area contributed by atoms with Crippen LogP contribution in [0, 0.1) is 6.92 Å². The third-order valence-corrected chi connectivity index (χ3v) is 3.56. The molecular formula is C15H21NO3. The highest BCUT2D eigenvalue weighted by Crippen LogP contribution is 2.24. The van der Waals surface area contributed by atoms with E-state index in [1.54, 1.807) is 4.90 Å². The lowest BCUT2D eigenvalue weighted by atomic mass is 9.91. The van der Waals surface area contributed by atoms with Gasteiger partial charge in [0.25, 0.3) is 0 Å². The molecule has 0 aromatic heterocycles. The fourth-order valence-corrected chi connectivity index (χ4v) is 2.18. The lowest BCUT2D eigenvalue weighted by Gasteiger charge is -2.46. The molecule has 1 amide bonds. The number of nitrogens with zero attached hydrogens (tertiary/aromatic N) is 1. The molecule has 1 aromatic rings. The van der Waals surface area contributed by atoms with Crippen LogP contribution >= 0.6 is 0 Å². The smallest absolute Gasteiger partial charge is 0.226 e. The van der Waals surface area contributed by atoms with Gasteiger partial charge in [0.05, 0.1) is 31.7 Å². The number of benzene rings is 1. The first kappa shape index (κ1) is 13.9. The van der Waals surface area contributed by atoms with E-state index >= 15 is 0 Å². The zero-order valence-corrected chi connectivity index (χ0v) is 11.6. The molecule has 1 aliphatic heterocycles. The molecule has 0 unspecified atom stereocenters. The van der Waals surface area contributed by atoms with Gasteiger partial charge in [0.1, 0.15) is 5.75 Å². The molecule has 0 aliphatic carbocycles. The molecule has 1 aliphatic rings. The number of carbonyl (C=O) groups excluding carboxylic acids is 1. The quantitative estimate of drug-likeness (QED) is 0.880. The summed E-state index contributed by atoms with van der Waals surface area (Å²) in [4.78, 5) is 13.5. The number of rotatable bonds is 5. The highest BCUT2D eigenvalue weighted by Gasteiger charge is 2.41. The van der Waals surface area contributed by atoms with Gasteiger partial charge in [0.2, 0.25) is 5.91 Å². The number of β-amino-alcohol motifs (C(OH)–C–C–N with tert-alkyl or cyclic N) is 1. The SMILES string of the molecule is CCC1(O)CN(C(=O)CCOc2cccc(C)c2)C1. The van der Waals surface area contributed by atoms with Crippen LogP contribution in [0.1, 0.15) is 25.3 Å². The van der Waals surface area contributed by atoms with Crippen molar-refractivity contribution in [2.45, 2.75) is 32.3 Å². The van der Waals surface area contributed by atoms with Gasteiger partial charge < -0.3 is 14.7 Å². The molecule has 0 saturated carbocycles. The molecule has 4 nitrogen and oxygen atoms in total. The number of hydrogen-bond acceptors (Lipinski definition) is 3. The minimum Gasteiger partial charge on any atom is -0.493 e. The van der Waals surface area contributed by atoms with Gasteiger partial charge in [-0.05, 0) is 31.0 Å². The number of aliphatic hydroxyl groups is 1. The summed E-state index contributed by atoms with van der Waals surface area (Å²) in [6.45, 7) is 5.22. The van der Waals surface area contributed by atoms with E-state index in [4.69, 9.17) is 4.74 Å². The molecular weight excluding hydrogens is 242 g/mol. The van der Waals surface area contributed by atoms with Crippen molar-refractivity contribution in [3.63, 3.8) is 0 Å². The van der Waals surface area contributed by atoms with Gasteiger partial charge in [-0.3, -0.25) is 4.79 Å². The summed E-state index contributed by atoms with van der Waals surface area (Å²) in [5, 5.41) is 9.85. The van der Waals surface area contributed by atoms with Crippen molar-refractivity contribution < 1.29 is 14.6 Å². The van der Waals surface area contributed by atoms with Crippen LogP contribution in [-0.4, -0.2) is 41.2 Å². The molecule has 4 heteroatoms. The topological polar surface area (TPSA) is 49.8 Å². The monoisotopic (exact) mass is 263 g/mol. The van der Waals surface area contributed by atoms with Crippen molar-refractivity contribution in [2.75, 3.05) is 19.7 Å². The Balaban J connectivity index is 1.71. The van der Waals surface area contributed by atoms with E-state index < -0.39 is 5.60 Å². The highest BCUT2D eigenvalue weighted by atomic mass is 16.5. The van der Waals surface area contributed by atoms with Crippen LogP contribution in [0.25, 0.3) is 0 Å². The molecule has 19 heavy (non-hydrogen) atoms. The van der Waals surface area contributed by atoms with Crippen LogP contribution < -0.4 is 4.74 Å². The first-order chi connectivity index (χ1) is 9.02. The van der Waals surface area contributed by atoms with E-state index in [0.29, 0.717) is 32.5 Å². The Morgan fingerprint density at radius 2 is 2.21 bits per heavy atom. The van der Waals surface area contributed by atoms with Crippen LogP contribution in [0.4, 0.5) is 0 Å². The van der Waals surface area contributed by atoms with Gasteiger partial charge >= 0.3 is 0 Å². The van der Waals surface area contributed by atoms with E-state index in [9.17, 15) is 9.90 Å². The van der Waals surface area contributed by atoms with Crippen LogP contribution in [0.15, 0.2) is 24.3 Å². The molecule has 1 aromatic carbocycles. The third-order valence-electron chi connectivity index (χ3n) is 3.56. The Labute approximate surface area is 114 Å². The summed E-state index contributed by atoms with van der Waals surface area (Å²) in [6.07, 6.45) is 1.05. The molecule has 1 heterocycles. The van der Waals surface area contributed by atoms with Gasteiger partial charge in [0.15, 0.2) is 0 Å². The average Bonchev–Trinajstić information content (AvgIpc) is 2.35. The molecule has 0 spiro atoms. The minimum atomic E-state index is -0.660. The summed E-state index contributed by atoms with van der Waals surface area (Å²) in [7, 11) is 0. The Kier molecular flexibility index (Phi) is 4.10. The number of likely N-dealkylation sites (tertiary alicyclic amines) is 1. The molecule has 0 bridgehead atoms. The van der Waals surface area contributed by atoms with Crippen molar-refractivity contribution in [3.8, 4) is 5.75 Å². The van der Waals surface area contributed by atoms with Crippen LogP contribution in [0.3, 0.4) is 0 Å². The summed E-state index contributed by atoms with van der Waals surface area (Å²) in [5.41, 5.74) is 0.479. The van der Waals surface area contributed by atoms with Gasteiger partial charge in [-0.25, -0.2) is 0 Å². The van der Waals surface area contributed by atoms with Crippen molar-refractivity contribution in [2.24, 2.45) is 0 Å². The average molecular weight is 263 g/mol. The minimum absolute atomic E-state index is 0.0470. The number of hydrogen-bond donors (Lipinski definition) is 1. The van der Waals surface area contributed by atoms with Crippen molar-refractivity contribution >= 4 is 5.91 Å². The van der Waals surface area contributed by atoms with E-state index in [1.807, 2.05) is 38.1 Å². The third kappa shape index (κ3) is 3.47. The molecule has 1 saturated heterocycles. The van der Waals surface area contributed by atoms with Crippen LogP contribution in [-0.2, 0) is 4.79 Å². The fraction of sp³-hybridized carbons (Fsp3) is 0.533. The van der Waals surface area contributed by atoms with Crippen LogP contribution in [0.5, 0.6) is 5.75 Å². The lowest BCUT2D eigenvalue weighted by Crippen LogP contribution is -2.63. The van der Waals surface area contributed by atoms with E-state index in [0.717, 1.165) is 11.3 Å². The van der Waals surface area contributed by atoms with Crippen molar-refractivity contribution in [3.05, 3.63) is 29.8 Å². The van der Waals surface area contributed by atoms with E-state index in [1.165, 1.54) is 0 Å². The second-order valence-corrected chi connectivity index (χ2v) is 5.24. The van der Waals surface area contributed by atoms with E-state index in [-0.39, 0.29) is 5.91 Å². The summed E-state index contributed by atoms with van der Waals surface area (Å²) in [5.74, 6) is 0.840. The molecule has 104 valence electrons. The standard InChI is InChI=1S/C15H21NO3/c1-3-15(18)10-16(11-15)14(17)7-8-19-13-6-4-5-12(2)9-13/h4-6,9,18H,3,7-8,10-11H2,1-2H3. The maximum Gasteiger partial charge on any atom is 0.226 e. The predicted octanol–water partition coefficient (Wildman–Crippen LogP) is 1.75. The van der Waals surface area contributed by atoms with E-state index in [2.05, 4.69) is 0 Å². The van der Waals surface area contributed by atoms with Gasteiger partial charge in [-0.1, -0.05) is 19.1 Å². The predicted molar refractivity (Wildman–Crippen MR) is 73.1 cm³/mol. The molecule has 0 radical (unpaired) electrons. The normalized spacial score (nSPS) is 16.9. The molecule has 2 rings (SSSR count). The molecule has 0 atom stereocenters. The zero-order valence-electron chi connectivity index (χ0n) is 11.6. The number of ether oxygens (including phenoxy) is 1. The van der Waals surface area contributed by atoms with Gasteiger partial charge in [-0.2, -0.15) is 0 Å². The second kappa shape index (κ2) is 5.61. The van der Waals surface area contributed by atoms with Crippen molar-refractivity contribution in [1.82, 2.24) is 4.90 Å². The summed E-state index contributed by atoms with van der Waals surface area (Å²) in [6, 6.07) is 7.77. The second-order valence-electron chi connectivity index (χ2n) is 5.24. The number of carbonyl (C=O) groups is 1. The summed E-state index contributed by atoms with van der Waals surface area (Å²) < 4.78 is 5.54. The summed E-state index contributed by atoms with van der Waals surface area (Å²) >= 11 is 0. The maximum absolute atomic E-state index is 11.8. The number of aryl methyl sites for hydroxylation is 1. The Bertz CT molecular complexity index is 452. The maximum atomic E-state index is 11.8. The fourth-order valence-electron chi connectivity index (χ4n) is 2.18. The Hall–Kier alpha value is -1.55. The first-order valence-electron chi connectivity index (χ1n) is 6.72. The molecule has 1 fully saturated rings.